The van der Waals surface area contributed by atoms with Crippen molar-refractivity contribution in [3.63, 3.8) is 0 Å². The van der Waals surface area contributed by atoms with E-state index in [1.165, 1.54) is 12.1 Å². The molecule has 158 valence electrons. The highest BCUT2D eigenvalue weighted by molar-refractivity contribution is 6.30. The van der Waals surface area contributed by atoms with E-state index in [1.54, 1.807) is 41.3 Å². The number of hydrogen-bond acceptors (Lipinski definition) is 2. The zero-order chi connectivity index (χ0) is 21.5. The summed E-state index contributed by atoms with van der Waals surface area (Å²) in [5, 5.41) is 2.62. The maximum Gasteiger partial charge on any atom is 0.416 e. The number of hydrogen-bond donors (Lipinski definition) is 1. The molecule has 5 rings (SSSR count). The molecule has 2 aliphatic rings. The van der Waals surface area contributed by atoms with Crippen LogP contribution in [-0.4, -0.2) is 27.9 Å². The number of halogens is 3. The minimum Gasteiger partial charge on any atom is -0.410 e. The Hall–Kier alpha value is -2.76. The number of carbonyl (C=O) groups excluding carboxylic acids is 1. The quantitative estimate of drug-likeness (QED) is 0.575. The number of amides is 1. The lowest BCUT2D eigenvalue weighted by Crippen LogP contribution is -2.43. The van der Waals surface area contributed by atoms with Crippen molar-refractivity contribution in [2.75, 3.05) is 6.54 Å². The highest BCUT2D eigenvalue weighted by atomic mass is 35.5. The molecule has 7 heteroatoms. The topological polar surface area (TPSA) is 45.3 Å². The van der Waals surface area contributed by atoms with Crippen LogP contribution in [0.1, 0.15) is 29.3 Å². The van der Waals surface area contributed by atoms with Crippen LogP contribution in [0.25, 0.3) is 12.2 Å². The third-order valence-electron chi connectivity index (χ3n) is 5.73. The standard InChI is InChI=1S/C24H19Cl2FN2O2/c25-15-3-8-18(9-4-15)31-24(30)29-12-11-19-20-13-16(26)5-10-21(20)28-22(19)23(29)14-1-6-17(27)7-2-14/h1-4,6-10,13,16,23,28H,5,11-12H2. The zero-order valence-corrected chi connectivity index (χ0v) is 18.0. The summed E-state index contributed by atoms with van der Waals surface area (Å²) in [6.45, 7) is 0.465. The molecule has 2 atom stereocenters. The Morgan fingerprint density at radius 1 is 1.13 bits per heavy atom. The van der Waals surface area contributed by atoms with E-state index in [0.29, 0.717) is 23.7 Å². The first kappa shape index (κ1) is 20.2. The van der Waals surface area contributed by atoms with E-state index in [0.717, 1.165) is 33.8 Å². The summed E-state index contributed by atoms with van der Waals surface area (Å²) in [5.74, 6) is 0.0861. The van der Waals surface area contributed by atoms with Crippen molar-refractivity contribution in [3.8, 4) is 5.75 Å². The zero-order valence-electron chi connectivity index (χ0n) is 16.4. The van der Waals surface area contributed by atoms with Gasteiger partial charge in [0.05, 0.1) is 5.38 Å². The van der Waals surface area contributed by atoms with Crippen molar-refractivity contribution in [1.82, 2.24) is 9.88 Å². The Balaban J connectivity index is 1.57. The molecule has 0 fully saturated rings. The lowest BCUT2D eigenvalue weighted by molar-refractivity contribution is 0.135. The second-order valence-electron chi connectivity index (χ2n) is 7.69. The van der Waals surface area contributed by atoms with Gasteiger partial charge in [-0.15, -0.1) is 11.6 Å². The van der Waals surface area contributed by atoms with Gasteiger partial charge in [-0.2, -0.15) is 0 Å². The second-order valence-corrected chi connectivity index (χ2v) is 8.68. The van der Waals surface area contributed by atoms with E-state index >= 15 is 0 Å². The second kappa shape index (κ2) is 8.06. The number of ether oxygens (including phenoxy) is 1. The van der Waals surface area contributed by atoms with Crippen LogP contribution in [0.15, 0.2) is 48.5 Å². The summed E-state index contributed by atoms with van der Waals surface area (Å²) in [5.41, 5.74) is 2.85. The highest BCUT2D eigenvalue weighted by Gasteiger charge is 2.35. The molecule has 0 saturated heterocycles. The van der Waals surface area contributed by atoms with Gasteiger partial charge in [0.15, 0.2) is 0 Å². The van der Waals surface area contributed by atoms with E-state index in [1.807, 2.05) is 0 Å². The van der Waals surface area contributed by atoms with Crippen molar-refractivity contribution >= 4 is 41.4 Å². The molecule has 0 radical (unpaired) electrons. The molecule has 0 spiro atoms. The maximum atomic E-state index is 13.6. The highest BCUT2D eigenvalue weighted by Crippen LogP contribution is 2.33. The molecule has 2 unspecified atom stereocenters. The van der Waals surface area contributed by atoms with Crippen LogP contribution in [0.3, 0.4) is 0 Å². The number of alkyl halides is 1. The van der Waals surface area contributed by atoms with Gasteiger partial charge >= 0.3 is 6.09 Å². The van der Waals surface area contributed by atoms with Crippen LogP contribution in [0.4, 0.5) is 9.18 Å². The molecule has 2 aromatic carbocycles. The van der Waals surface area contributed by atoms with Crippen molar-refractivity contribution in [2.24, 2.45) is 0 Å². The predicted octanol–water partition coefficient (Wildman–Crippen LogP) is 4.53. The van der Waals surface area contributed by atoms with Crippen LogP contribution in [-0.2, 0) is 6.42 Å². The molecule has 1 aliphatic heterocycles. The number of nitrogens with zero attached hydrogens (tertiary/aromatic N) is 1. The number of nitrogens with one attached hydrogen (secondary N) is 1. The molecule has 4 nitrogen and oxygen atoms in total. The molecule has 1 amide bonds. The number of rotatable bonds is 2. The van der Waals surface area contributed by atoms with E-state index in [-0.39, 0.29) is 11.2 Å². The normalized spacial score (nSPS) is 19.6. The number of fused-ring (bicyclic) bond motifs is 3. The first-order valence-electron chi connectivity index (χ1n) is 10.1. The fraction of sp³-hybridized carbons (Fsp3) is 0.208. The van der Waals surface area contributed by atoms with Gasteiger partial charge in [-0.05, 0) is 60.4 Å². The van der Waals surface area contributed by atoms with Gasteiger partial charge in [-0.25, -0.2) is 9.18 Å². The Morgan fingerprint density at radius 3 is 2.61 bits per heavy atom. The molecule has 3 aromatic rings. The van der Waals surface area contributed by atoms with Crippen molar-refractivity contribution in [2.45, 2.75) is 24.3 Å². The van der Waals surface area contributed by atoms with Crippen LogP contribution in [0, 0.1) is 5.82 Å². The van der Waals surface area contributed by atoms with Crippen molar-refractivity contribution < 1.29 is 13.9 Å². The van der Waals surface area contributed by atoms with Gasteiger partial charge < -0.3 is 9.72 Å². The summed E-state index contributed by atoms with van der Waals surface area (Å²) < 4.78 is 19.2. The van der Waals surface area contributed by atoms with Gasteiger partial charge in [-0.3, -0.25) is 4.90 Å². The first-order valence-corrected chi connectivity index (χ1v) is 10.9. The third-order valence-corrected chi connectivity index (χ3v) is 6.29. The van der Waals surface area contributed by atoms with E-state index in [9.17, 15) is 9.18 Å². The number of carbonyl (C=O) groups is 1. The largest absolute Gasteiger partial charge is 0.416 e. The molecule has 1 aromatic heterocycles. The summed E-state index contributed by atoms with van der Waals surface area (Å²) in [6.07, 6.45) is 5.09. The molecule has 2 heterocycles. The molecule has 1 N–H and O–H groups in total. The van der Waals surface area contributed by atoms with Crippen LogP contribution >= 0.6 is 23.2 Å². The molecule has 1 aliphatic carbocycles. The number of aromatic nitrogens is 1. The van der Waals surface area contributed by atoms with E-state index in [2.05, 4.69) is 17.1 Å². The summed E-state index contributed by atoms with van der Waals surface area (Å²) in [4.78, 5) is 18.3. The average Bonchev–Trinajstić information content (AvgIpc) is 3.13. The Morgan fingerprint density at radius 2 is 1.87 bits per heavy atom. The van der Waals surface area contributed by atoms with E-state index < -0.39 is 12.1 Å². The van der Waals surface area contributed by atoms with Crippen molar-refractivity contribution in [1.29, 1.82) is 0 Å². The molecule has 31 heavy (non-hydrogen) atoms. The van der Waals surface area contributed by atoms with Crippen LogP contribution in [0.5, 0.6) is 5.75 Å². The Labute approximate surface area is 188 Å². The average molecular weight is 457 g/mol. The maximum absolute atomic E-state index is 13.6. The van der Waals surface area contributed by atoms with E-state index in [4.69, 9.17) is 27.9 Å². The minimum absolute atomic E-state index is 0.0513. The van der Waals surface area contributed by atoms with Gasteiger partial charge in [0.25, 0.3) is 0 Å². The summed E-state index contributed by atoms with van der Waals surface area (Å²) >= 11 is 12.3. The SMILES string of the molecule is O=C(Oc1ccc(Cl)cc1)N1CCc2c([nH]c3c2=CC(Cl)CC=3)C1c1ccc(F)cc1. The van der Waals surface area contributed by atoms with Crippen LogP contribution in [0.2, 0.25) is 5.02 Å². The molecule has 0 saturated carbocycles. The van der Waals surface area contributed by atoms with Crippen LogP contribution < -0.4 is 15.3 Å². The van der Waals surface area contributed by atoms with Gasteiger partial charge in [0, 0.05) is 27.8 Å². The lowest BCUT2D eigenvalue weighted by atomic mass is 9.93. The van der Waals surface area contributed by atoms with Gasteiger partial charge in [-0.1, -0.05) is 35.9 Å². The van der Waals surface area contributed by atoms with Gasteiger partial charge in [0.2, 0.25) is 0 Å². The fourth-order valence-electron chi connectivity index (χ4n) is 4.30. The smallest absolute Gasteiger partial charge is 0.410 e. The first-order chi connectivity index (χ1) is 15.0. The number of H-pyrrole nitrogens is 1. The third kappa shape index (κ3) is 3.84. The molecule has 0 bridgehead atoms. The summed E-state index contributed by atoms with van der Waals surface area (Å²) in [6, 6.07) is 12.4. The van der Waals surface area contributed by atoms with Gasteiger partial charge in [0.1, 0.15) is 17.6 Å². The Kier molecular flexibility index (Phi) is 5.24. The predicted molar refractivity (Wildman–Crippen MR) is 119 cm³/mol. The number of aromatic amines is 1. The monoisotopic (exact) mass is 456 g/mol. The number of benzene rings is 2. The minimum atomic E-state index is -0.474. The van der Waals surface area contributed by atoms with Crippen molar-refractivity contribution in [3.05, 3.63) is 86.8 Å². The Bertz CT molecular complexity index is 1250. The molecular formula is C24H19Cl2FN2O2. The summed E-state index contributed by atoms with van der Waals surface area (Å²) in [7, 11) is 0. The molecular weight excluding hydrogens is 438 g/mol. The lowest BCUT2D eigenvalue weighted by Gasteiger charge is -2.35. The fourth-order valence-corrected chi connectivity index (χ4v) is 4.64.